The zero-order valence-corrected chi connectivity index (χ0v) is 15.4. The SMILES string of the molecule is CNC(=O)CCC(C=O)N1Cc2cc(N3CCN(C)CC3)ccc2C1=O. The summed E-state index contributed by atoms with van der Waals surface area (Å²) in [5.74, 6) is -0.253. The lowest BCUT2D eigenvalue weighted by Gasteiger charge is -2.34. The molecule has 140 valence electrons. The van der Waals surface area contributed by atoms with Crippen LogP contribution in [0.3, 0.4) is 0 Å². The van der Waals surface area contributed by atoms with Gasteiger partial charge >= 0.3 is 0 Å². The van der Waals surface area contributed by atoms with Crippen LogP contribution in [0.2, 0.25) is 0 Å². The van der Waals surface area contributed by atoms with Gasteiger partial charge in [-0.2, -0.15) is 0 Å². The summed E-state index contributed by atoms with van der Waals surface area (Å²) >= 11 is 0. The Labute approximate surface area is 153 Å². The number of benzene rings is 1. The first kappa shape index (κ1) is 18.4. The second kappa shape index (κ2) is 7.86. The van der Waals surface area contributed by atoms with Crippen molar-refractivity contribution in [1.82, 2.24) is 15.1 Å². The molecule has 2 amide bonds. The van der Waals surface area contributed by atoms with Crippen LogP contribution in [0.1, 0.15) is 28.8 Å². The number of rotatable bonds is 6. The van der Waals surface area contributed by atoms with E-state index in [1.165, 1.54) is 0 Å². The molecule has 0 aromatic heterocycles. The normalized spacial score (nSPS) is 18.6. The third-order valence-electron chi connectivity index (χ3n) is 5.29. The average molecular weight is 358 g/mol. The maximum absolute atomic E-state index is 12.7. The molecule has 1 saturated heterocycles. The van der Waals surface area contributed by atoms with Gasteiger partial charge in [0, 0.05) is 57.4 Å². The van der Waals surface area contributed by atoms with Crippen LogP contribution in [0.25, 0.3) is 0 Å². The van der Waals surface area contributed by atoms with E-state index >= 15 is 0 Å². The topological polar surface area (TPSA) is 73.0 Å². The van der Waals surface area contributed by atoms with E-state index in [1.54, 1.807) is 11.9 Å². The Morgan fingerprint density at radius 3 is 2.65 bits per heavy atom. The molecule has 2 aliphatic rings. The van der Waals surface area contributed by atoms with E-state index in [0.29, 0.717) is 18.5 Å². The van der Waals surface area contributed by atoms with Crippen LogP contribution >= 0.6 is 0 Å². The number of amides is 2. The molecular formula is C19H26N4O3. The number of likely N-dealkylation sites (N-methyl/N-ethyl adjacent to an activating group) is 1. The molecule has 0 spiro atoms. The summed E-state index contributed by atoms with van der Waals surface area (Å²) < 4.78 is 0. The second-order valence-electron chi connectivity index (χ2n) is 6.98. The molecule has 1 N–H and O–H groups in total. The van der Waals surface area contributed by atoms with Crippen molar-refractivity contribution in [2.45, 2.75) is 25.4 Å². The molecule has 26 heavy (non-hydrogen) atoms. The molecule has 1 fully saturated rings. The van der Waals surface area contributed by atoms with Gasteiger partial charge in [-0.15, -0.1) is 0 Å². The van der Waals surface area contributed by atoms with Gasteiger partial charge in [0.15, 0.2) is 0 Å². The van der Waals surface area contributed by atoms with Crippen molar-refractivity contribution in [2.24, 2.45) is 0 Å². The van der Waals surface area contributed by atoms with Crippen molar-refractivity contribution in [3.63, 3.8) is 0 Å². The van der Waals surface area contributed by atoms with Crippen molar-refractivity contribution in [1.29, 1.82) is 0 Å². The Balaban J connectivity index is 1.71. The molecule has 0 radical (unpaired) electrons. The maximum atomic E-state index is 12.7. The molecule has 7 heteroatoms. The van der Waals surface area contributed by atoms with Gasteiger partial charge in [-0.1, -0.05) is 0 Å². The lowest BCUT2D eigenvalue weighted by Crippen LogP contribution is -2.44. The van der Waals surface area contributed by atoms with Crippen LogP contribution in [-0.4, -0.2) is 74.2 Å². The molecule has 1 aromatic rings. The van der Waals surface area contributed by atoms with Gasteiger partial charge in [-0.25, -0.2) is 0 Å². The van der Waals surface area contributed by atoms with E-state index < -0.39 is 6.04 Å². The van der Waals surface area contributed by atoms with Crippen LogP contribution < -0.4 is 10.2 Å². The quantitative estimate of drug-likeness (QED) is 0.749. The Kier molecular flexibility index (Phi) is 5.56. The van der Waals surface area contributed by atoms with Crippen LogP contribution in [0, 0.1) is 0 Å². The van der Waals surface area contributed by atoms with E-state index in [2.05, 4.69) is 28.2 Å². The number of carbonyl (C=O) groups is 3. The molecule has 2 heterocycles. The minimum absolute atomic E-state index is 0.126. The van der Waals surface area contributed by atoms with Crippen LogP contribution in [0.5, 0.6) is 0 Å². The summed E-state index contributed by atoms with van der Waals surface area (Å²) in [6.07, 6.45) is 1.34. The average Bonchev–Trinajstić information content (AvgIpc) is 2.98. The highest BCUT2D eigenvalue weighted by Crippen LogP contribution is 2.29. The highest BCUT2D eigenvalue weighted by Gasteiger charge is 2.33. The predicted octanol–water partition coefficient (Wildman–Crippen LogP) is 0.488. The molecule has 2 aliphatic heterocycles. The molecule has 7 nitrogen and oxygen atoms in total. The van der Waals surface area contributed by atoms with E-state index in [4.69, 9.17) is 0 Å². The third-order valence-corrected chi connectivity index (χ3v) is 5.29. The first-order valence-electron chi connectivity index (χ1n) is 9.06. The first-order chi connectivity index (χ1) is 12.5. The number of hydrogen-bond donors (Lipinski definition) is 1. The Bertz CT molecular complexity index is 698. The van der Waals surface area contributed by atoms with Crippen molar-refractivity contribution >= 4 is 23.8 Å². The van der Waals surface area contributed by atoms with Crippen molar-refractivity contribution < 1.29 is 14.4 Å². The van der Waals surface area contributed by atoms with Gasteiger partial charge in [0.25, 0.3) is 5.91 Å². The standard InChI is InChI=1S/C19H26N4O3/c1-20-18(25)6-4-16(13-24)23-12-14-11-15(3-5-17(14)19(23)26)22-9-7-21(2)8-10-22/h3,5,11,13,16H,4,6-10,12H2,1-2H3,(H,20,25). The minimum Gasteiger partial charge on any atom is -0.369 e. The molecule has 0 bridgehead atoms. The lowest BCUT2D eigenvalue weighted by atomic mass is 10.1. The van der Waals surface area contributed by atoms with Crippen molar-refractivity contribution in [3.8, 4) is 0 Å². The van der Waals surface area contributed by atoms with E-state index in [-0.39, 0.29) is 18.2 Å². The summed E-state index contributed by atoms with van der Waals surface area (Å²) in [5, 5.41) is 2.54. The largest absolute Gasteiger partial charge is 0.369 e. The molecule has 1 unspecified atom stereocenters. The summed E-state index contributed by atoms with van der Waals surface area (Å²) in [6.45, 7) is 4.41. The monoisotopic (exact) mass is 358 g/mol. The number of anilines is 1. The zero-order valence-electron chi connectivity index (χ0n) is 15.4. The van der Waals surface area contributed by atoms with Crippen LogP contribution in [0.4, 0.5) is 5.69 Å². The fraction of sp³-hybridized carbons (Fsp3) is 0.526. The van der Waals surface area contributed by atoms with Crippen molar-refractivity contribution in [2.75, 3.05) is 45.2 Å². The third kappa shape index (κ3) is 3.72. The van der Waals surface area contributed by atoms with Crippen LogP contribution in [0.15, 0.2) is 18.2 Å². The molecular weight excluding hydrogens is 332 g/mol. The molecule has 0 aliphatic carbocycles. The van der Waals surface area contributed by atoms with Gasteiger partial charge in [-0.3, -0.25) is 9.59 Å². The number of carbonyl (C=O) groups excluding carboxylic acids is 3. The maximum Gasteiger partial charge on any atom is 0.255 e. The summed E-state index contributed by atoms with van der Waals surface area (Å²) in [6, 6.07) is 5.36. The fourth-order valence-corrected chi connectivity index (χ4v) is 3.56. The molecule has 3 rings (SSSR count). The fourth-order valence-electron chi connectivity index (χ4n) is 3.56. The zero-order chi connectivity index (χ0) is 18.7. The summed E-state index contributed by atoms with van der Waals surface area (Å²) in [5.41, 5.74) is 2.74. The first-order valence-corrected chi connectivity index (χ1v) is 9.06. The number of hydrogen-bond acceptors (Lipinski definition) is 5. The lowest BCUT2D eigenvalue weighted by molar-refractivity contribution is -0.121. The Hall–Kier alpha value is -2.41. The van der Waals surface area contributed by atoms with E-state index in [0.717, 1.165) is 43.7 Å². The summed E-state index contributed by atoms with van der Waals surface area (Å²) in [4.78, 5) is 41.8. The van der Waals surface area contributed by atoms with E-state index in [1.807, 2.05) is 12.1 Å². The number of piperazine rings is 1. The van der Waals surface area contributed by atoms with Crippen molar-refractivity contribution in [3.05, 3.63) is 29.3 Å². The van der Waals surface area contributed by atoms with Gasteiger partial charge in [0.2, 0.25) is 5.91 Å². The number of aldehydes is 1. The molecule has 1 atom stereocenters. The molecule has 1 aromatic carbocycles. The highest BCUT2D eigenvalue weighted by atomic mass is 16.2. The Morgan fingerprint density at radius 1 is 1.27 bits per heavy atom. The van der Waals surface area contributed by atoms with Gasteiger partial charge < -0.3 is 24.8 Å². The van der Waals surface area contributed by atoms with Gasteiger partial charge in [0.05, 0.1) is 6.04 Å². The highest BCUT2D eigenvalue weighted by molar-refractivity contribution is 6.00. The molecule has 0 saturated carbocycles. The summed E-state index contributed by atoms with van der Waals surface area (Å²) in [7, 11) is 3.68. The second-order valence-corrected chi connectivity index (χ2v) is 6.98. The van der Waals surface area contributed by atoms with E-state index in [9.17, 15) is 14.4 Å². The number of nitrogens with one attached hydrogen (secondary N) is 1. The van der Waals surface area contributed by atoms with Gasteiger partial charge in [0.1, 0.15) is 6.29 Å². The smallest absolute Gasteiger partial charge is 0.255 e. The van der Waals surface area contributed by atoms with Crippen LogP contribution in [-0.2, 0) is 16.1 Å². The Morgan fingerprint density at radius 2 is 2.00 bits per heavy atom. The number of nitrogens with zero attached hydrogens (tertiary/aromatic N) is 3. The minimum atomic E-state index is -0.570. The predicted molar refractivity (Wildman–Crippen MR) is 99.2 cm³/mol. The van der Waals surface area contributed by atoms with Gasteiger partial charge in [-0.05, 0) is 37.2 Å². The number of fused-ring (bicyclic) bond motifs is 1.